The lowest BCUT2D eigenvalue weighted by Gasteiger charge is -2.32. The summed E-state index contributed by atoms with van der Waals surface area (Å²) in [6.07, 6.45) is 4.12. The Balaban J connectivity index is 4.12. The van der Waals surface area contributed by atoms with Crippen LogP contribution in [0.3, 0.4) is 0 Å². The van der Waals surface area contributed by atoms with Crippen molar-refractivity contribution in [1.82, 2.24) is 0 Å². The summed E-state index contributed by atoms with van der Waals surface area (Å²) in [6.45, 7) is 19.1. The molecule has 0 aromatic rings. The van der Waals surface area contributed by atoms with E-state index in [1.165, 1.54) is 19.3 Å². The Morgan fingerprint density at radius 3 is 1.69 bits per heavy atom. The zero-order valence-corrected chi connectivity index (χ0v) is 12.9. The molecule has 0 heterocycles. The maximum absolute atomic E-state index is 2.45. The fourth-order valence-electron chi connectivity index (χ4n) is 3.02. The minimum atomic E-state index is 0.512. The molecular weight excluding hydrogens is 192 g/mol. The molecule has 98 valence electrons. The second-order valence-electron chi connectivity index (χ2n) is 7.53. The molecule has 0 amide bonds. The first-order chi connectivity index (χ1) is 7.14. The third kappa shape index (κ3) is 7.30. The first-order valence-electron chi connectivity index (χ1n) is 7.14. The highest BCUT2D eigenvalue weighted by molar-refractivity contribution is 4.76. The Morgan fingerprint density at radius 1 is 0.812 bits per heavy atom. The van der Waals surface area contributed by atoms with Crippen molar-refractivity contribution < 1.29 is 0 Å². The van der Waals surface area contributed by atoms with Crippen molar-refractivity contribution in [2.45, 2.75) is 74.7 Å². The van der Waals surface area contributed by atoms with Crippen LogP contribution in [0.1, 0.15) is 74.7 Å². The Kier molecular flexibility index (Phi) is 6.67. The summed E-state index contributed by atoms with van der Waals surface area (Å²) < 4.78 is 0. The van der Waals surface area contributed by atoms with Crippen LogP contribution in [-0.2, 0) is 0 Å². The van der Waals surface area contributed by atoms with Gasteiger partial charge < -0.3 is 0 Å². The van der Waals surface area contributed by atoms with E-state index >= 15 is 0 Å². The van der Waals surface area contributed by atoms with E-state index < -0.39 is 0 Å². The van der Waals surface area contributed by atoms with Gasteiger partial charge in [-0.05, 0) is 48.3 Å². The minimum absolute atomic E-state index is 0.512. The van der Waals surface area contributed by atoms with Gasteiger partial charge in [0.25, 0.3) is 0 Å². The van der Waals surface area contributed by atoms with Gasteiger partial charge in [-0.3, -0.25) is 0 Å². The lowest BCUT2D eigenvalue weighted by molar-refractivity contribution is 0.186. The third-order valence-corrected chi connectivity index (χ3v) is 3.79. The molecule has 0 aromatic heterocycles. The number of rotatable bonds is 7. The fourth-order valence-corrected chi connectivity index (χ4v) is 3.02. The van der Waals surface area contributed by atoms with Gasteiger partial charge in [-0.15, -0.1) is 0 Å². The first-order valence-corrected chi connectivity index (χ1v) is 7.14. The summed E-state index contributed by atoms with van der Waals surface area (Å²) in [4.78, 5) is 0. The van der Waals surface area contributed by atoms with Gasteiger partial charge in [0, 0.05) is 0 Å². The highest BCUT2D eigenvalue weighted by atomic mass is 14.3. The van der Waals surface area contributed by atoms with Gasteiger partial charge in [-0.1, -0.05) is 55.4 Å². The molecule has 0 heteroatoms. The zero-order chi connectivity index (χ0) is 12.9. The van der Waals surface area contributed by atoms with E-state index in [-0.39, 0.29) is 0 Å². The summed E-state index contributed by atoms with van der Waals surface area (Å²) in [7, 11) is 0. The highest BCUT2D eigenvalue weighted by Gasteiger charge is 2.25. The molecule has 0 nitrogen and oxygen atoms in total. The van der Waals surface area contributed by atoms with Gasteiger partial charge in [0.2, 0.25) is 0 Å². The van der Waals surface area contributed by atoms with Crippen LogP contribution < -0.4 is 0 Å². The lowest BCUT2D eigenvalue weighted by Crippen LogP contribution is -2.21. The van der Waals surface area contributed by atoms with Gasteiger partial charge in [0.05, 0.1) is 0 Å². The fraction of sp³-hybridized carbons (Fsp3) is 1.00. The van der Waals surface area contributed by atoms with E-state index in [0.29, 0.717) is 5.41 Å². The predicted octanol–water partition coefficient (Wildman–Crippen LogP) is 5.77. The molecule has 2 unspecified atom stereocenters. The Morgan fingerprint density at radius 2 is 1.31 bits per heavy atom. The Hall–Kier alpha value is 0. The molecule has 2 atom stereocenters. The normalized spacial score (nSPS) is 16.9. The van der Waals surface area contributed by atoms with Crippen LogP contribution in [0.5, 0.6) is 0 Å². The molecule has 0 spiro atoms. The van der Waals surface area contributed by atoms with Gasteiger partial charge in [-0.2, -0.15) is 0 Å². The zero-order valence-electron chi connectivity index (χ0n) is 12.9. The second-order valence-corrected chi connectivity index (χ2v) is 7.53. The van der Waals surface area contributed by atoms with Crippen LogP contribution in [0.15, 0.2) is 0 Å². The lowest BCUT2D eigenvalue weighted by atomic mass is 9.73. The average molecular weight is 226 g/mol. The van der Waals surface area contributed by atoms with Crippen molar-refractivity contribution in [2.75, 3.05) is 0 Å². The second kappa shape index (κ2) is 6.67. The smallest absolute Gasteiger partial charge is 0.0349 e. The predicted molar refractivity (Wildman–Crippen MR) is 75.6 cm³/mol. The molecule has 0 aromatic carbocycles. The van der Waals surface area contributed by atoms with Crippen molar-refractivity contribution in [2.24, 2.45) is 29.1 Å². The molecular formula is C16H34. The van der Waals surface area contributed by atoms with Crippen LogP contribution in [-0.4, -0.2) is 0 Å². The van der Waals surface area contributed by atoms with E-state index in [1.807, 2.05) is 0 Å². The number of hydrogen-bond acceptors (Lipinski definition) is 0. The van der Waals surface area contributed by atoms with Crippen LogP contribution in [0.2, 0.25) is 0 Å². The van der Waals surface area contributed by atoms with E-state index in [2.05, 4.69) is 55.4 Å². The van der Waals surface area contributed by atoms with Crippen molar-refractivity contribution in [3.63, 3.8) is 0 Å². The molecule has 0 bridgehead atoms. The summed E-state index contributed by atoms with van der Waals surface area (Å²) in [5, 5.41) is 0. The molecule has 0 saturated heterocycles. The Bertz CT molecular complexity index is 176. The minimum Gasteiger partial charge on any atom is -0.0628 e. The monoisotopic (exact) mass is 226 g/mol. The molecule has 0 N–H and O–H groups in total. The van der Waals surface area contributed by atoms with Crippen LogP contribution >= 0.6 is 0 Å². The van der Waals surface area contributed by atoms with Crippen LogP contribution in [0.4, 0.5) is 0 Å². The molecule has 0 aliphatic rings. The molecule has 0 saturated carbocycles. The SMILES string of the molecule is CC(C)CC(C)CC(C)(C)CC(C)C(C)C. The number of hydrogen-bond donors (Lipinski definition) is 0. The molecule has 16 heavy (non-hydrogen) atoms. The van der Waals surface area contributed by atoms with Crippen LogP contribution in [0.25, 0.3) is 0 Å². The van der Waals surface area contributed by atoms with Gasteiger partial charge >= 0.3 is 0 Å². The van der Waals surface area contributed by atoms with Crippen LogP contribution in [0, 0.1) is 29.1 Å². The van der Waals surface area contributed by atoms with Gasteiger partial charge in [0.15, 0.2) is 0 Å². The largest absolute Gasteiger partial charge is 0.0628 e. The first kappa shape index (κ1) is 16.0. The van der Waals surface area contributed by atoms with Gasteiger partial charge in [-0.25, -0.2) is 0 Å². The van der Waals surface area contributed by atoms with E-state index in [9.17, 15) is 0 Å². The van der Waals surface area contributed by atoms with Crippen molar-refractivity contribution >= 4 is 0 Å². The van der Waals surface area contributed by atoms with E-state index in [1.54, 1.807) is 0 Å². The van der Waals surface area contributed by atoms with E-state index in [4.69, 9.17) is 0 Å². The van der Waals surface area contributed by atoms with Crippen molar-refractivity contribution in [3.05, 3.63) is 0 Å². The third-order valence-electron chi connectivity index (χ3n) is 3.79. The topological polar surface area (TPSA) is 0 Å². The summed E-state index contributed by atoms with van der Waals surface area (Å²) >= 11 is 0. The quantitative estimate of drug-likeness (QED) is 0.517. The van der Waals surface area contributed by atoms with Crippen molar-refractivity contribution in [1.29, 1.82) is 0 Å². The maximum Gasteiger partial charge on any atom is -0.0349 e. The standard InChI is InChI=1S/C16H34/c1-12(2)9-14(5)10-16(7,8)11-15(6)13(3)4/h12-15H,9-11H2,1-8H3. The molecule has 0 rings (SSSR count). The maximum atomic E-state index is 2.45. The highest BCUT2D eigenvalue weighted by Crippen LogP contribution is 2.36. The molecule has 0 aliphatic carbocycles. The van der Waals surface area contributed by atoms with Gasteiger partial charge in [0.1, 0.15) is 0 Å². The Labute approximate surface area is 104 Å². The summed E-state index contributed by atoms with van der Waals surface area (Å²) in [6, 6.07) is 0. The summed E-state index contributed by atoms with van der Waals surface area (Å²) in [5.41, 5.74) is 0.512. The summed E-state index contributed by atoms with van der Waals surface area (Å²) in [5.74, 6) is 3.38. The van der Waals surface area contributed by atoms with Crippen molar-refractivity contribution in [3.8, 4) is 0 Å². The average Bonchev–Trinajstić information content (AvgIpc) is 1.98. The molecule has 0 aliphatic heterocycles. The molecule has 0 fully saturated rings. The van der Waals surface area contributed by atoms with E-state index in [0.717, 1.165) is 23.7 Å². The molecule has 0 radical (unpaired) electrons.